The Hall–Kier alpha value is -2.24. The maximum Gasteiger partial charge on any atom is 0.271 e. The molecule has 1 amide bonds. The van der Waals surface area contributed by atoms with Crippen LogP contribution in [0.3, 0.4) is 0 Å². The molecule has 2 bridgehead atoms. The van der Waals surface area contributed by atoms with E-state index in [0.717, 1.165) is 17.5 Å². The summed E-state index contributed by atoms with van der Waals surface area (Å²) >= 11 is 0. The number of amides is 1. The van der Waals surface area contributed by atoms with Gasteiger partial charge in [-0.1, -0.05) is 6.42 Å². The molecular formula is C19H26N2O4. The summed E-state index contributed by atoms with van der Waals surface area (Å²) in [5.74, 6) is 3.17. The fourth-order valence-electron chi connectivity index (χ4n) is 4.25. The van der Waals surface area contributed by atoms with E-state index in [1.54, 1.807) is 12.1 Å². The SMILES string of the molecule is COc1cc(C(=O)N/N=C(/C)[C@@H]2C[C@H]3CC[C@H]2C3)cc(OC)c1OC. The molecule has 3 rings (SSSR count). The van der Waals surface area contributed by atoms with Crippen LogP contribution >= 0.6 is 0 Å². The van der Waals surface area contributed by atoms with Crippen LogP contribution in [0.4, 0.5) is 0 Å². The topological polar surface area (TPSA) is 69.2 Å². The number of hydrogen-bond donors (Lipinski definition) is 1. The van der Waals surface area contributed by atoms with E-state index in [-0.39, 0.29) is 5.91 Å². The maximum absolute atomic E-state index is 12.5. The molecule has 1 N–H and O–H groups in total. The van der Waals surface area contributed by atoms with Crippen LogP contribution in [0.15, 0.2) is 17.2 Å². The Kier molecular flexibility index (Phi) is 5.16. The van der Waals surface area contributed by atoms with Crippen molar-refractivity contribution < 1.29 is 19.0 Å². The Bertz CT molecular complexity index is 661. The van der Waals surface area contributed by atoms with Crippen molar-refractivity contribution in [1.82, 2.24) is 5.43 Å². The average molecular weight is 346 g/mol. The van der Waals surface area contributed by atoms with Gasteiger partial charge >= 0.3 is 0 Å². The summed E-state index contributed by atoms with van der Waals surface area (Å²) in [6.07, 6.45) is 5.17. The van der Waals surface area contributed by atoms with Crippen molar-refractivity contribution in [2.45, 2.75) is 32.6 Å². The maximum atomic E-state index is 12.5. The molecule has 0 radical (unpaired) electrons. The second-order valence-corrected chi connectivity index (χ2v) is 6.89. The zero-order valence-corrected chi connectivity index (χ0v) is 15.3. The summed E-state index contributed by atoms with van der Waals surface area (Å²) < 4.78 is 15.9. The van der Waals surface area contributed by atoms with Crippen molar-refractivity contribution in [2.75, 3.05) is 21.3 Å². The highest BCUT2D eigenvalue weighted by Gasteiger charge is 2.40. The summed E-state index contributed by atoms with van der Waals surface area (Å²) in [7, 11) is 4.58. The van der Waals surface area contributed by atoms with E-state index in [9.17, 15) is 4.79 Å². The van der Waals surface area contributed by atoms with Crippen LogP contribution in [0.1, 0.15) is 43.0 Å². The van der Waals surface area contributed by atoms with Crippen LogP contribution in [-0.4, -0.2) is 32.9 Å². The molecule has 6 heteroatoms. The van der Waals surface area contributed by atoms with Gasteiger partial charge in [-0.05, 0) is 50.2 Å². The van der Waals surface area contributed by atoms with Gasteiger partial charge < -0.3 is 14.2 Å². The van der Waals surface area contributed by atoms with E-state index in [0.29, 0.717) is 28.7 Å². The largest absolute Gasteiger partial charge is 0.493 e. The fraction of sp³-hybridized carbons (Fsp3) is 0.579. The number of rotatable bonds is 6. The van der Waals surface area contributed by atoms with Gasteiger partial charge in [-0.2, -0.15) is 5.10 Å². The van der Waals surface area contributed by atoms with Gasteiger partial charge in [0.2, 0.25) is 5.75 Å². The van der Waals surface area contributed by atoms with E-state index >= 15 is 0 Å². The third kappa shape index (κ3) is 3.43. The van der Waals surface area contributed by atoms with Crippen molar-refractivity contribution in [3.05, 3.63) is 17.7 Å². The molecule has 1 aromatic rings. The Labute approximate surface area is 148 Å². The molecule has 2 aliphatic rings. The van der Waals surface area contributed by atoms with Crippen molar-refractivity contribution in [3.63, 3.8) is 0 Å². The lowest BCUT2D eigenvalue weighted by molar-refractivity contribution is 0.0953. The first kappa shape index (κ1) is 17.6. The monoisotopic (exact) mass is 346 g/mol. The minimum atomic E-state index is -0.290. The second kappa shape index (κ2) is 7.33. The van der Waals surface area contributed by atoms with E-state index in [2.05, 4.69) is 10.5 Å². The number of benzene rings is 1. The number of carbonyl (C=O) groups excluding carboxylic acids is 1. The van der Waals surface area contributed by atoms with Gasteiger partial charge in [0.25, 0.3) is 5.91 Å². The van der Waals surface area contributed by atoms with Crippen molar-refractivity contribution >= 4 is 11.6 Å². The highest BCUT2D eigenvalue weighted by molar-refractivity contribution is 5.96. The molecule has 0 heterocycles. The predicted octanol–water partition coefficient (Wildman–Crippen LogP) is 3.25. The molecule has 2 saturated carbocycles. The minimum absolute atomic E-state index is 0.290. The third-order valence-electron chi connectivity index (χ3n) is 5.54. The Morgan fingerprint density at radius 3 is 2.24 bits per heavy atom. The van der Waals surface area contributed by atoms with Gasteiger partial charge in [-0.3, -0.25) is 4.79 Å². The Morgan fingerprint density at radius 2 is 1.76 bits per heavy atom. The first-order valence-corrected chi connectivity index (χ1v) is 8.71. The van der Waals surface area contributed by atoms with Crippen LogP contribution in [-0.2, 0) is 0 Å². The standard InChI is InChI=1S/C19H26N2O4/c1-11(15-8-12-5-6-13(15)7-12)20-21-19(22)14-9-16(23-2)18(25-4)17(10-14)24-3/h9-10,12-13,15H,5-8H2,1-4H3,(H,21,22)/b20-11-/t12-,13-,15-/m0/s1. The summed E-state index contributed by atoms with van der Waals surface area (Å²) in [4.78, 5) is 12.5. The van der Waals surface area contributed by atoms with Crippen LogP contribution in [0.5, 0.6) is 17.2 Å². The van der Waals surface area contributed by atoms with Gasteiger partial charge in [0.1, 0.15) is 0 Å². The summed E-state index contributed by atoms with van der Waals surface area (Å²) in [5.41, 5.74) is 4.11. The molecule has 0 unspecified atom stereocenters. The number of ether oxygens (including phenoxy) is 3. The number of methoxy groups -OCH3 is 3. The highest BCUT2D eigenvalue weighted by Crippen LogP contribution is 2.48. The first-order valence-electron chi connectivity index (χ1n) is 8.71. The molecule has 6 nitrogen and oxygen atoms in total. The molecule has 0 spiro atoms. The number of nitrogens with zero attached hydrogens (tertiary/aromatic N) is 1. The lowest BCUT2D eigenvalue weighted by Crippen LogP contribution is -2.24. The molecule has 3 atom stereocenters. The zero-order chi connectivity index (χ0) is 18.0. The lowest BCUT2D eigenvalue weighted by Gasteiger charge is -2.21. The number of hydrogen-bond acceptors (Lipinski definition) is 5. The Morgan fingerprint density at radius 1 is 1.08 bits per heavy atom. The molecule has 136 valence electrons. The number of nitrogens with one attached hydrogen (secondary N) is 1. The Balaban J connectivity index is 1.73. The van der Waals surface area contributed by atoms with Gasteiger partial charge in [-0.15, -0.1) is 0 Å². The molecule has 25 heavy (non-hydrogen) atoms. The van der Waals surface area contributed by atoms with Gasteiger partial charge in [-0.25, -0.2) is 5.43 Å². The molecule has 0 aromatic heterocycles. The van der Waals surface area contributed by atoms with Crippen LogP contribution in [0.2, 0.25) is 0 Å². The number of carbonyl (C=O) groups is 1. The van der Waals surface area contributed by atoms with Crippen LogP contribution < -0.4 is 19.6 Å². The van der Waals surface area contributed by atoms with E-state index < -0.39 is 0 Å². The third-order valence-corrected chi connectivity index (χ3v) is 5.54. The van der Waals surface area contributed by atoms with Crippen molar-refractivity contribution in [3.8, 4) is 17.2 Å². The van der Waals surface area contributed by atoms with Gasteiger partial charge in [0, 0.05) is 17.2 Å². The van der Waals surface area contributed by atoms with Crippen molar-refractivity contribution in [1.29, 1.82) is 0 Å². The smallest absolute Gasteiger partial charge is 0.271 e. The quantitative estimate of drug-likeness (QED) is 0.634. The average Bonchev–Trinajstić information content (AvgIpc) is 3.27. The number of hydrazone groups is 1. The predicted molar refractivity (Wildman–Crippen MR) is 95.6 cm³/mol. The van der Waals surface area contributed by atoms with E-state index in [1.807, 2.05) is 6.92 Å². The molecular weight excluding hydrogens is 320 g/mol. The van der Waals surface area contributed by atoms with Gasteiger partial charge in [0.15, 0.2) is 11.5 Å². The minimum Gasteiger partial charge on any atom is -0.493 e. The molecule has 2 fully saturated rings. The zero-order valence-electron chi connectivity index (χ0n) is 15.3. The summed E-state index contributed by atoms with van der Waals surface area (Å²) in [6.45, 7) is 2.01. The van der Waals surface area contributed by atoms with Crippen LogP contribution in [0.25, 0.3) is 0 Å². The molecule has 2 aliphatic carbocycles. The normalized spacial score (nSPS) is 25.0. The summed E-state index contributed by atoms with van der Waals surface area (Å²) in [6, 6.07) is 3.25. The van der Waals surface area contributed by atoms with Gasteiger partial charge in [0.05, 0.1) is 21.3 Å². The molecule has 0 saturated heterocycles. The van der Waals surface area contributed by atoms with E-state index in [1.165, 1.54) is 47.0 Å². The second-order valence-electron chi connectivity index (χ2n) is 6.89. The van der Waals surface area contributed by atoms with E-state index in [4.69, 9.17) is 14.2 Å². The highest BCUT2D eigenvalue weighted by atomic mass is 16.5. The summed E-state index contributed by atoms with van der Waals surface area (Å²) in [5, 5.41) is 4.36. The molecule has 0 aliphatic heterocycles. The fourth-order valence-corrected chi connectivity index (χ4v) is 4.25. The first-order chi connectivity index (χ1) is 12.1. The van der Waals surface area contributed by atoms with Crippen LogP contribution in [0, 0.1) is 17.8 Å². The molecule has 1 aromatic carbocycles. The number of fused-ring (bicyclic) bond motifs is 2. The van der Waals surface area contributed by atoms with Crippen molar-refractivity contribution in [2.24, 2.45) is 22.9 Å². The lowest BCUT2D eigenvalue weighted by atomic mass is 9.86.